The Bertz CT molecular complexity index is 132. The normalized spacial score (nSPS) is 11.2. The van der Waals surface area contributed by atoms with Gasteiger partial charge in [0.25, 0.3) is 0 Å². The van der Waals surface area contributed by atoms with E-state index in [4.69, 9.17) is 0 Å². The second-order valence-electron chi connectivity index (χ2n) is 4.47. The highest BCUT2D eigenvalue weighted by molar-refractivity contribution is 7.78. The smallest absolute Gasteiger partial charge is 0.00838 e. The fraction of sp³-hybridized carbons (Fsp3) is 1.00. The van der Waals surface area contributed by atoms with E-state index in [1.54, 1.807) is 0 Å². The van der Waals surface area contributed by atoms with Crippen LogP contribution in [0.4, 0.5) is 0 Å². The maximum absolute atomic E-state index is 4.22. The first kappa shape index (κ1) is 16.6. The summed E-state index contributed by atoms with van der Waals surface area (Å²) in [6, 6.07) is 0. The topological polar surface area (TPSA) is 15.3 Å². The molecule has 0 aliphatic heterocycles. The van der Waals surface area contributed by atoms with Gasteiger partial charge in [0.05, 0.1) is 0 Å². The molecule has 0 aliphatic rings. The monoisotopic (exact) mass is 264 g/mol. The lowest BCUT2D eigenvalue weighted by Gasteiger charge is -2.07. The SMILES string of the molecule is CN(S)CCCCCCCCCCCNS. The maximum atomic E-state index is 4.22. The van der Waals surface area contributed by atoms with E-state index in [0.717, 1.165) is 13.1 Å². The van der Waals surface area contributed by atoms with Gasteiger partial charge in [0.1, 0.15) is 0 Å². The van der Waals surface area contributed by atoms with Crippen LogP contribution >= 0.6 is 25.6 Å². The number of nitrogens with zero attached hydrogens (tertiary/aromatic N) is 1. The lowest BCUT2D eigenvalue weighted by Crippen LogP contribution is -2.05. The van der Waals surface area contributed by atoms with Gasteiger partial charge in [-0.3, -0.25) is 9.03 Å². The highest BCUT2D eigenvalue weighted by atomic mass is 32.1. The van der Waals surface area contributed by atoms with Crippen LogP contribution in [0.15, 0.2) is 0 Å². The van der Waals surface area contributed by atoms with Gasteiger partial charge in [0, 0.05) is 13.1 Å². The van der Waals surface area contributed by atoms with Crippen molar-refractivity contribution in [3.05, 3.63) is 0 Å². The largest absolute Gasteiger partial charge is 0.267 e. The molecule has 0 rings (SSSR count). The lowest BCUT2D eigenvalue weighted by molar-refractivity contribution is 0.504. The Morgan fingerprint density at radius 2 is 1.25 bits per heavy atom. The van der Waals surface area contributed by atoms with Gasteiger partial charge >= 0.3 is 0 Å². The Balaban J connectivity index is 2.88. The summed E-state index contributed by atoms with van der Waals surface area (Å²) in [4.78, 5) is 0. The molecule has 0 unspecified atom stereocenters. The van der Waals surface area contributed by atoms with Gasteiger partial charge in [0.2, 0.25) is 0 Å². The molecular weight excluding hydrogens is 236 g/mol. The summed E-state index contributed by atoms with van der Waals surface area (Å²) in [6.07, 6.45) is 12.2. The van der Waals surface area contributed by atoms with Crippen molar-refractivity contribution < 1.29 is 0 Å². The van der Waals surface area contributed by atoms with Gasteiger partial charge in [-0.1, -0.05) is 70.6 Å². The first-order valence-electron chi connectivity index (χ1n) is 6.54. The van der Waals surface area contributed by atoms with Crippen molar-refractivity contribution in [2.24, 2.45) is 0 Å². The maximum Gasteiger partial charge on any atom is 0.00838 e. The van der Waals surface area contributed by atoms with Crippen LogP contribution in [0.3, 0.4) is 0 Å². The van der Waals surface area contributed by atoms with Gasteiger partial charge in [-0.2, -0.15) is 0 Å². The van der Waals surface area contributed by atoms with Gasteiger partial charge in [-0.25, -0.2) is 0 Å². The van der Waals surface area contributed by atoms with Gasteiger partial charge < -0.3 is 0 Å². The lowest BCUT2D eigenvalue weighted by atomic mass is 10.1. The number of hydrogen-bond donors (Lipinski definition) is 3. The Morgan fingerprint density at radius 1 is 0.812 bits per heavy atom. The number of nitrogens with one attached hydrogen (secondary N) is 1. The van der Waals surface area contributed by atoms with E-state index in [0.29, 0.717) is 0 Å². The molecule has 98 valence electrons. The Hall–Kier alpha value is 0.620. The molecule has 0 aromatic heterocycles. The average Bonchev–Trinajstić information content (AvgIpc) is 2.25. The molecule has 0 fully saturated rings. The molecule has 0 atom stereocenters. The zero-order valence-electron chi connectivity index (χ0n) is 10.6. The van der Waals surface area contributed by atoms with E-state index in [1.807, 2.05) is 11.4 Å². The zero-order chi connectivity index (χ0) is 12.1. The summed E-state index contributed by atoms with van der Waals surface area (Å²) in [5.41, 5.74) is 0. The summed E-state index contributed by atoms with van der Waals surface area (Å²) in [7, 11) is 2.02. The molecule has 0 spiro atoms. The van der Waals surface area contributed by atoms with E-state index >= 15 is 0 Å². The minimum atomic E-state index is 1.04. The predicted octanol–water partition coefficient (Wildman–Crippen LogP) is 3.71. The number of thiol groups is 2. The van der Waals surface area contributed by atoms with Crippen molar-refractivity contribution in [1.82, 2.24) is 9.03 Å². The second kappa shape index (κ2) is 13.7. The fourth-order valence-electron chi connectivity index (χ4n) is 1.78. The molecule has 0 aliphatic carbocycles. The Morgan fingerprint density at radius 3 is 1.69 bits per heavy atom. The molecule has 0 aromatic rings. The van der Waals surface area contributed by atoms with Crippen LogP contribution in [0, 0.1) is 0 Å². The van der Waals surface area contributed by atoms with Crippen molar-refractivity contribution in [1.29, 1.82) is 0 Å². The molecule has 0 aromatic carbocycles. The summed E-state index contributed by atoms with van der Waals surface area (Å²) >= 11 is 8.19. The number of rotatable bonds is 12. The van der Waals surface area contributed by atoms with Crippen molar-refractivity contribution in [3.8, 4) is 0 Å². The van der Waals surface area contributed by atoms with E-state index in [1.165, 1.54) is 57.8 Å². The van der Waals surface area contributed by atoms with Gasteiger partial charge in [-0.05, 0) is 19.9 Å². The second-order valence-corrected chi connectivity index (χ2v) is 5.47. The molecule has 0 saturated carbocycles. The Kier molecular flexibility index (Phi) is 14.2. The standard InChI is InChI=1S/C12H28N2S2/c1-14(16)12-10-8-6-4-2-3-5-7-9-11-13-15/h13,15-16H,2-12H2,1H3. The molecule has 0 saturated heterocycles. The molecule has 1 N–H and O–H groups in total. The summed E-state index contributed by atoms with van der Waals surface area (Å²) in [6.45, 7) is 2.15. The van der Waals surface area contributed by atoms with Crippen LogP contribution in [0.25, 0.3) is 0 Å². The average molecular weight is 265 g/mol. The zero-order valence-corrected chi connectivity index (χ0v) is 12.4. The van der Waals surface area contributed by atoms with Crippen molar-refractivity contribution in [3.63, 3.8) is 0 Å². The molecule has 0 radical (unpaired) electrons. The molecule has 0 bridgehead atoms. The minimum absolute atomic E-state index is 1.04. The van der Waals surface area contributed by atoms with Crippen LogP contribution < -0.4 is 4.72 Å². The van der Waals surface area contributed by atoms with Crippen LogP contribution in [0.5, 0.6) is 0 Å². The molecule has 0 heterocycles. The third-order valence-electron chi connectivity index (χ3n) is 2.77. The van der Waals surface area contributed by atoms with E-state index in [2.05, 4.69) is 30.4 Å². The predicted molar refractivity (Wildman–Crippen MR) is 80.2 cm³/mol. The van der Waals surface area contributed by atoms with Crippen LogP contribution in [0.1, 0.15) is 57.8 Å². The number of unbranched alkanes of at least 4 members (excludes halogenated alkanes) is 8. The Labute approximate surface area is 113 Å². The molecule has 0 amide bonds. The van der Waals surface area contributed by atoms with E-state index < -0.39 is 0 Å². The third kappa shape index (κ3) is 14.6. The van der Waals surface area contributed by atoms with Crippen LogP contribution in [-0.4, -0.2) is 24.4 Å². The van der Waals surface area contributed by atoms with Crippen molar-refractivity contribution in [2.45, 2.75) is 57.8 Å². The van der Waals surface area contributed by atoms with E-state index in [9.17, 15) is 0 Å². The first-order chi connectivity index (χ1) is 7.77. The van der Waals surface area contributed by atoms with Gasteiger partial charge in [-0.15, -0.1) is 0 Å². The summed E-state index contributed by atoms with van der Waals surface area (Å²) < 4.78 is 4.85. The fourth-order valence-corrected chi connectivity index (χ4v) is 2.08. The summed E-state index contributed by atoms with van der Waals surface area (Å²) in [5, 5.41) is 0. The molecule has 2 nitrogen and oxygen atoms in total. The van der Waals surface area contributed by atoms with Crippen LogP contribution in [0.2, 0.25) is 0 Å². The third-order valence-corrected chi connectivity index (χ3v) is 3.19. The van der Waals surface area contributed by atoms with Gasteiger partial charge in [0.15, 0.2) is 0 Å². The van der Waals surface area contributed by atoms with Crippen LogP contribution in [-0.2, 0) is 0 Å². The molecule has 16 heavy (non-hydrogen) atoms. The number of hydrogen-bond acceptors (Lipinski definition) is 4. The first-order valence-corrected chi connectivity index (χ1v) is 7.39. The highest BCUT2D eigenvalue weighted by Crippen LogP contribution is 2.09. The summed E-state index contributed by atoms with van der Waals surface area (Å²) in [5.74, 6) is 0. The minimum Gasteiger partial charge on any atom is -0.267 e. The van der Waals surface area contributed by atoms with Crippen molar-refractivity contribution >= 4 is 25.6 Å². The highest BCUT2D eigenvalue weighted by Gasteiger charge is 1.94. The molecular formula is C12H28N2S2. The quantitative estimate of drug-likeness (QED) is 0.368. The van der Waals surface area contributed by atoms with E-state index in [-0.39, 0.29) is 0 Å². The molecule has 4 heteroatoms. The van der Waals surface area contributed by atoms with Crippen molar-refractivity contribution in [2.75, 3.05) is 20.1 Å².